The molecule has 0 aliphatic carbocycles. The molecule has 0 radical (unpaired) electrons. The van der Waals surface area contributed by atoms with Gasteiger partial charge in [-0.25, -0.2) is 10.4 Å². The van der Waals surface area contributed by atoms with Crippen molar-refractivity contribution in [3.05, 3.63) is 89.7 Å². The minimum Gasteiger partial charge on any atom is -0.394 e. The standard InChI is InChI=1S/C32H27N5O7/c38-14-20-27(39)28(40)29(41)32(44-20)36-19-8-4-2-6-17(19)22-24-23(21-16-5-1-3-7-18(16)35-25(21)26(22)36)30(42)37(31(24)43)34-13-15-9-11-33-12-10-15/h1-12,20,27-29,32,34-35,38-41H,13-14H2/t20-,27-,28+,29-,32?/m0/s1. The molecule has 3 aromatic heterocycles. The zero-order valence-electron chi connectivity index (χ0n) is 23.1. The van der Waals surface area contributed by atoms with Gasteiger partial charge in [0.05, 0.1) is 34.3 Å². The lowest BCUT2D eigenvalue weighted by Gasteiger charge is -2.41. The lowest BCUT2D eigenvalue weighted by Crippen LogP contribution is -2.56. The summed E-state index contributed by atoms with van der Waals surface area (Å²) in [6.45, 7) is -0.387. The Bertz CT molecular complexity index is 2120. The number of aromatic nitrogens is 3. The summed E-state index contributed by atoms with van der Waals surface area (Å²) in [5.41, 5.74) is 6.56. The van der Waals surface area contributed by atoms with Crippen LogP contribution in [0, 0.1) is 0 Å². The molecule has 44 heavy (non-hydrogen) atoms. The van der Waals surface area contributed by atoms with Gasteiger partial charge in [-0.15, -0.1) is 0 Å². The molecule has 2 aliphatic heterocycles. The number of H-pyrrole nitrogens is 1. The number of hydrazine groups is 1. The van der Waals surface area contributed by atoms with Crippen molar-refractivity contribution in [2.45, 2.75) is 37.2 Å². The number of amides is 2. The smallest absolute Gasteiger partial charge is 0.276 e. The first-order valence-electron chi connectivity index (χ1n) is 14.2. The highest BCUT2D eigenvalue weighted by molar-refractivity contribution is 6.39. The number of hydrogen-bond donors (Lipinski definition) is 6. The third-order valence-corrected chi connectivity index (χ3v) is 8.75. The Morgan fingerprint density at radius 2 is 1.52 bits per heavy atom. The summed E-state index contributed by atoms with van der Waals surface area (Å²) in [6.07, 6.45) is -3.90. The topological polar surface area (TPSA) is 173 Å². The fourth-order valence-electron chi connectivity index (χ4n) is 6.71. The van der Waals surface area contributed by atoms with Crippen LogP contribution >= 0.6 is 0 Å². The number of ether oxygens (including phenoxy) is 1. The van der Waals surface area contributed by atoms with Crippen LogP contribution in [0.2, 0.25) is 0 Å². The molecule has 12 nitrogen and oxygen atoms in total. The van der Waals surface area contributed by atoms with E-state index in [2.05, 4.69) is 15.4 Å². The van der Waals surface area contributed by atoms with Crippen LogP contribution in [0.25, 0.3) is 43.6 Å². The highest BCUT2D eigenvalue weighted by Gasteiger charge is 2.47. The zero-order valence-corrected chi connectivity index (χ0v) is 23.1. The van der Waals surface area contributed by atoms with Crippen molar-refractivity contribution in [1.29, 1.82) is 0 Å². The van der Waals surface area contributed by atoms with Crippen molar-refractivity contribution in [2.75, 3.05) is 6.61 Å². The van der Waals surface area contributed by atoms with Gasteiger partial charge in [0, 0.05) is 46.0 Å². The van der Waals surface area contributed by atoms with Crippen LogP contribution in [0.5, 0.6) is 0 Å². The SMILES string of the molecule is O=C1c2c(c3c4ccccc4n(C4O[C@@H](CO)[C@H](O)[C@@H](O)[C@@H]4O)c3c3[nH]c4ccccc4c23)C(=O)N1NCc1ccncc1. The van der Waals surface area contributed by atoms with Gasteiger partial charge >= 0.3 is 0 Å². The van der Waals surface area contributed by atoms with Crippen LogP contribution in [-0.2, 0) is 11.3 Å². The van der Waals surface area contributed by atoms with Gasteiger partial charge < -0.3 is 34.7 Å². The number of imide groups is 1. The Morgan fingerprint density at radius 1 is 0.841 bits per heavy atom. The molecule has 1 fully saturated rings. The molecular formula is C32H27N5O7. The van der Waals surface area contributed by atoms with Crippen molar-refractivity contribution in [3.8, 4) is 0 Å². The summed E-state index contributed by atoms with van der Waals surface area (Å²) in [5.74, 6) is -1.03. The van der Waals surface area contributed by atoms with Crippen LogP contribution < -0.4 is 5.43 Å². The quantitative estimate of drug-likeness (QED) is 0.164. The second kappa shape index (κ2) is 9.92. The van der Waals surface area contributed by atoms with E-state index in [0.717, 1.165) is 21.5 Å². The molecule has 8 rings (SSSR count). The second-order valence-electron chi connectivity index (χ2n) is 11.1. The van der Waals surface area contributed by atoms with E-state index in [9.17, 15) is 30.0 Å². The molecule has 3 aromatic carbocycles. The van der Waals surface area contributed by atoms with Gasteiger partial charge in [0.25, 0.3) is 11.8 Å². The monoisotopic (exact) mass is 593 g/mol. The number of carbonyl (C=O) groups excluding carboxylic acids is 2. The van der Waals surface area contributed by atoms with E-state index in [4.69, 9.17) is 4.74 Å². The van der Waals surface area contributed by atoms with E-state index in [1.165, 1.54) is 0 Å². The molecular weight excluding hydrogens is 566 g/mol. The Labute approximate surface area is 248 Å². The maximum absolute atomic E-state index is 14.3. The molecule has 0 saturated carbocycles. The van der Waals surface area contributed by atoms with Crippen molar-refractivity contribution in [2.24, 2.45) is 0 Å². The van der Waals surface area contributed by atoms with Gasteiger partial charge in [-0.3, -0.25) is 14.6 Å². The van der Waals surface area contributed by atoms with Crippen LogP contribution in [0.3, 0.4) is 0 Å². The lowest BCUT2D eigenvalue weighted by atomic mass is 9.96. The lowest BCUT2D eigenvalue weighted by molar-refractivity contribution is -0.249. The summed E-state index contributed by atoms with van der Waals surface area (Å²) in [7, 11) is 0. The summed E-state index contributed by atoms with van der Waals surface area (Å²) >= 11 is 0. The van der Waals surface area contributed by atoms with Crippen LogP contribution in [0.1, 0.15) is 32.5 Å². The fourth-order valence-corrected chi connectivity index (χ4v) is 6.71. The van der Waals surface area contributed by atoms with Crippen molar-refractivity contribution in [1.82, 2.24) is 25.0 Å². The number of fused-ring (bicyclic) bond motifs is 10. The Morgan fingerprint density at radius 3 is 2.27 bits per heavy atom. The minimum atomic E-state index is -1.62. The number of aliphatic hydroxyl groups excluding tert-OH is 4. The van der Waals surface area contributed by atoms with Crippen molar-refractivity contribution >= 4 is 55.4 Å². The minimum absolute atomic E-state index is 0.198. The molecule has 2 aliphatic rings. The second-order valence-corrected chi connectivity index (χ2v) is 11.1. The van der Waals surface area contributed by atoms with Crippen molar-refractivity contribution in [3.63, 3.8) is 0 Å². The van der Waals surface area contributed by atoms with Gasteiger partial charge in [0.15, 0.2) is 6.23 Å². The average Bonchev–Trinajstić information content (AvgIpc) is 3.67. The van der Waals surface area contributed by atoms with Gasteiger partial charge in [0.1, 0.15) is 24.4 Å². The zero-order chi connectivity index (χ0) is 30.3. The Balaban J connectivity index is 1.44. The van der Waals surface area contributed by atoms with E-state index in [0.29, 0.717) is 32.7 Å². The van der Waals surface area contributed by atoms with Crippen molar-refractivity contribution < 1.29 is 34.8 Å². The third-order valence-electron chi connectivity index (χ3n) is 8.75. The fraction of sp³-hybridized carbons (Fsp3) is 0.219. The van der Waals surface area contributed by atoms with E-state index < -0.39 is 49.1 Å². The normalized spacial score (nSPS) is 23.9. The largest absolute Gasteiger partial charge is 0.394 e. The molecule has 0 bridgehead atoms. The van der Waals surface area contributed by atoms with Gasteiger partial charge in [0.2, 0.25) is 0 Å². The number of para-hydroxylation sites is 2. The van der Waals surface area contributed by atoms with Crippen LogP contribution in [0.15, 0.2) is 73.1 Å². The number of aromatic amines is 1. The number of aliphatic hydroxyl groups is 4. The number of benzene rings is 3. The molecule has 6 aromatic rings. The van der Waals surface area contributed by atoms with E-state index >= 15 is 0 Å². The van der Waals surface area contributed by atoms with Crippen LogP contribution in [-0.4, -0.2) is 82.8 Å². The van der Waals surface area contributed by atoms with Gasteiger partial charge in [-0.2, -0.15) is 0 Å². The maximum atomic E-state index is 14.3. The maximum Gasteiger partial charge on any atom is 0.276 e. The molecule has 6 N–H and O–H groups in total. The molecule has 12 heteroatoms. The van der Waals surface area contributed by atoms with E-state index in [1.807, 2.05) is 36.4 Å². The summed E-state index contributed by atoms with van der Waals surface area (Å²) in [5, 5.41) is 45.8. The number of pyridine rings is 1. The first-order valence-corrected chi connectivity index (χ1v) is 14.2. The molecule has 1 unspecified atom stereocenters. The van der Waals surface area contributed by atoms with E-state index in [1.54, 1.807) is 41.2 Å². The van der Waals surface area contributed by atoms with E-state index in [-0.39, 0.29) is 17.7 Å². The highest BCUT2D eigenvalue weighted by atomic mass is 16.6. The third kappa shape index (κ3) is 3.64. The molecule has 0 spiro atoms. The predicted molar refractivity (Wildman–Crippen MR) is 159 cm³/mol. The average molecular weight is 594 g/mol. The number of rotatable bonds is 5. The Hall–Kier alpha value is -4.69. The number of carbonyl (C=O) groups is 2. The predicted octanol–water partition coefficient (Wildman–Crippen LogP) is 2.10. The molecule has 2 amide bonds. The number of nitrogens with one attached hydrogen (secondary N) is 2. The number of hydrogen-bond acceptors (Lipinski definition) is 9. The first kappa shape index (κ1) is 26.9. The van der Waals surface area contributed by atoms with Crippen LogP contribution in [0.4, 0.5) is 0 Å². The van der Waals surface area contributed by atoms with Gasteiger partial charge in [-0.05, 0) is 29.8 Å². The summed E-state index contributed by atoms with van der Waals surface area (Å²) < 4.78 is 7.73. The molecule has 222 valence electrons. The highest BCUT2D eigenvalue weighted by Crippen LogP contribution is 2.47. The molecule has 5 atom stereocenters. The summed E-state index contributed by atoms with van der Waals surface area (Å²) in [6, 6.07) is 18.2. The molecule has 1 saturated heterocycles. The Kier molecular flexibility index (Phi) is 6.07. The number of nitrogens with zero attached hydrogens (tertiary/aromatic N) is 3. The first-order chi connectivity index (χ1) is 21.4. The molecule has 5 heterocycles. The summed E-state index contributed by atoms with van der Waals surface area (Å²) in [4.78, 5) is 35.8. The van der Waals surface area contributed by atoms with Gasteiger partial charge in [-0.1, -0.05) is 36.4 Å².